The largest absolute Gasteiger partial charge is 0.497 e. The number of hydrogen-bond donors (Lipinski definition) is 1. The van der Waals surface area contributed by atoms with Crippen LogP contribution in [-0.4, -0.2) is 86.3 Å². The van der Waals surface area contributed by atoms with Gasteiger partial charge in [0.1, 0.15) is 5.75 Å². The van der Waals surface area contributed by atoms with Crippen LogP contribution in [-0.2, 0) is 30.3 Å². The zero-order valence-electron chi connectivity index (χ0n) is 26.3. The third kappa shape index (κ3) is 9.47. The second-order valence-corrected chi connectivity index (χ2v) is 12.1. The summed E-state index contributed by atoms with van der Waals surface area (Å²) >= 11 is 0. The number of aliphatic carboxylic acids is 1. The van der Waals surface area contributed by atoms with Gasteiger partial charge in [-0.1, -0.05) is 36.4 Å². The van der Waals surface area contributed by atoms with Crippen LogP contribution in [0, 0.1) is 5.92 Å². The summed E-state index contributed by atoms with van der Waals surface area (Å²) in [5.74, 6) is 0.119. The molecule has 3 fully saturated rings. The number of nitrogens with zero attached hydrogens (tertiary/aromatic N) is 1. The van der Waals surface area contributed by atoms with Crippen LogP contribution in [0.25, 0.3) is 0 Å². The molecule has 3 aliphatic rings. The quantitative estimate of drug-likeness (QED) is 0.154. The number of benzene rings is 2. The summed E-state index contributed by atoms with van der Waals surface area (Å²) in [7, 11) is 1.61. The van der Waals surface area contributed by atoms with Crippen molar-refractivity contribution in [3.8, 4) is 5.75 Å². The SMILES string of the molecule is COc1ccc(C(=O)c2ccc(CO[C@@H]3C[C@H](OC4CCCCO4)[C@@H](N4CCOCC4)[C@@H]3CC=CCCCC(=O)O)cc2)cc1. The first kappa shape index (κ1) is 33.3. The van der Waals surface area contributed by atoms with Gasteiger partial charge in [0.05, 0.1) is 39.1 Å². The van der Waals surface area contributed by atoms with Gasteiger partial charge >= 0.3 is 5.97 Å². The highest BCUT2D eigenvalue weighted by Crippen LogP contribution is 2.39. The molecule has 2 aromatic rings. The van der Waals surface area contributed by atoms with E-state index in [1.807, 2.05) is 24.3 Å². The van der Waals surface area contributed by atoms with E-state index >= 15 is 0 Å². The molecule has 9 nitrogen and oxygen atoms in total. The number of morpholine rings is 1. The maximum atomic E-state index is 13.0. The average molecular weight is 622 g/mol. The predicted molar refractivity (Wildman–Crippen MR) is 169 cm³/mol. The van der Waals surface area contributed by atoms with Gasteiger partial charge in [-0.3, -0.25) is 14.5 Å². The van der Waals surface area contributed by atoms with Crippen LogP contribution in [0.15, 0.2) is 60.7 Å². The molecule has 2 heterocycles. The Morgan fingerprint density at radius 2 is 1.69 bits per heavy atom. The number of carbonyl (C=O) groups excluding carboxylic acids is 1. The highest BCUT2D eigenvalue weighted by Gasteiger charge is 2.48. The van der Waals surface area contributed by atoms with Crippen LogP contribution in [0.2, 0.25) is 0 Å². The summed E-state index contributed by atoms with van der Waals surface area (Å²) in [5, 5.41) is 8.98. The van der Waals surface area contributed by atoms with E-state index in [2.05, 4.69) is 17.1 Å². The minimum Gasteiger partial charge on any atom is -0.497 e. The summed E-state index contributed by atoms with van der Waals surface area (Å²) in [6.07, 6.45) is 10.3. The molecule has 1 saturated carbocycles. The molecular formula is C36H47NO8. The number of rotatable bonds is 15. The molecule has 1 aliphatic carbocycles. The molecule has 0 bridgehead atoms. The van der Waals surface area contributed by atoms with Crippen LogP contribution >= 0.6 is 0 Å². The summed E-state index contributed by atoms with van der Waals surface area (Å²) < 4.78 is 30.2. The molecule has 5 atom stereocenters. The van der Waals surface area contributed by atoms with Crippen molar-refractivity contribution >= 4 is 11.8 Å². The standard InChI is InChI=1S/C36H47NO8/c1-41-29-17-15-28(16-18-29)36(40)27-13-11-26(12-14-27)25-44-31-24-32(45-34-10-6-7-21-43-34)35(37-19-22-42-23-20-37)30(31)8-4-2-3-5-9-33(38)39/h2,4,11-18,30-32,34-35H,3,5-10,19-25H2,1H3,(H,38,39)/t30-,31-,32+,34?,35+/m1/s1. The lowest BCUT2D eigenvalue weighted by Gasteiger charge is -2.39. The van der Waals surface area contributed by atoms with Gasteiger partial charge in [-0.05, 0) is 68.4 Å². The second-order valence-electron chi connectivity index (χ2n) is 12.1. The first-order chi connectivity index (χ1) is 22.0. The van der Waals surface area contributed by atoms with E-state index in [0.717, 1.165) is 63.8 Å². The number of ether oxygens (including phenoxy) is 5. The van der Waals surface area contributed by atoms with Gasteiger partial charge < -0.3 is 28.8 Å². The monoisotopic (exact) mass is 621 g/mol. The second kappa shape index (κ2) is 17.0. The topological polar surface area (TPSA) is 104 Å². The van der Waals surface area contributed by atoms with E-state index in [0.29, 0.717) is 43.1 Å². The molecule has 2 aromatic carbocycles. The summed E-state index contributed by atoms with van der Waals surface area (Å²) in [4.78, 5) is 26.4. The van der Waals surface area contributed by atoms with Crippen molar-refractivity contribution in [1.29, 1.82) is 0 Å². The zero-order valence-corrected chi connectivity index (χ0v) is 26.3. The number of carboxylic acid groups (broad SMARTS) is 1. The van der Waals surface area contributed by atoms with Gasteiger partial charge in [-0.2, -0.15) is 0 Å². The number of carboxylic acids is 1. The van der Waals surface area contributed by atoms with Gasteiger partial charge in [0.25, 0.3) is 0 Å². The molecule has 0 amide bonds. The minimum atomic E-state index is -0.761. The van der Waals surface area contributed by atoms with Crippen LogP contribution in [0.3, 0.4) is 0 Å². The number of methoxy groups -OCH3 is 1. The van der Waals surface area contributed by atoms with Crippen molar-refractivity contribution in [2.75, 3.05) is 40.0 Å². The first-order valence-electron chi connectivity index (χ1n) is 16.4. The van der Waals surface area contributed by atoms with Crippen LogP contribution in [0.4, 0.5) is 0 Å². The van der Waals surface area contributed by atoms with Crippen molar-refractivity contribution < 1.29 is 38.4 Å². The van der Waals surface area contributed by atoms with Gasteiger partial charge in [0.2, 0.25) is 0 Å². The zero-order chi connectivity index (χ0) is 31.4. The number of ketones is 1. The van der Waals surface area contributed by atoms with Gasteiger partial charge in [-0.25, -0.2) is 0 Å². The molecule has 0 radical (unpaired) electrons. The molecular weight excluding hydrogens is 574 g/mol. The van der Waals surface area contributed by atoms with Crippen molar-refractivity contribution in [2.45, 2.75) is 82.5 Å². The van der Waals surface area contributed by atoms with Crippen molar-refractivity contribution in [3.63, 3.8) is 0 Å². The van der Waals surface area contributed by atoms with Crippen molar-refractivity contribution in [2.24, 2.45) is 5.92 Å². The fraction of sp³-hybridized carbons (Fsp3) is 0.556. The maximum Gasteiger partial charge on any atom is 0.303 e. The van der Waals surface area contributed by atoms with Gasteiger partial charge in [0, 0.05) is 55.6 Å². The molecule has 9 heteroatoms. The molecule has 0 spiro atoms. The lowest BCUT2D eigenvalue weighted by atomic mass is 9.94. The average Bonchev–Trinajstić information content (AvgIpc) is 3.42. The normalized spacial score (nSPS) is 25.8. The fourth-order valence-electron chi connectivity index (χ4n) is 6.66. The van der Waals surface area contributed by atoms with E-state index in [1.165, 1.54) is 0 Å². The van der Waals surface area contributed by atoms with E-state index in [9.17, 15) is 9.59 Å². The van der Waals surface area contributed by atoms with E-state index in [4.69, 9.17) is 28.8 Å². The Balaban J connectivity index is 1.27. The minimum absolute atomic E-state index is 0.0221. The molecule has 1 unspecified atom stereocenters. The smallest absolute Gasteiger partial charge is 0.303 e. The molecule has 2 aliphatic heterocycles. The maximum absolute atomic E-state index is 13.0. The number of allylic oxidation sites excluding steroid dienone is 2. The van der Waals surface area contributed by atoms with Crippen molar-refractivity contribution in [1.82, 2.24) is 4.90 Å². The summed E-state index contributed by atoms with van der Waals surface area (Å²) in [5.41, 5.74) is 2.25. The molecule has 1 N–H and O–H groups in total. The third-order valence-electron chi connectivity index (χ3n) is 9.06. The Labute approximate surface area is 266 Å². The predicted octanol–water partition coefficient (Wildman–Crippen LogP) is 5.65. The van der Waals surface area contributed by atoms with Gasteiger partial charge in [-0.15, -0.1) is 0 Å². The number of carbonyl (C=O) groups is 2. The highest BCUT2D eigenvalue weighted by molar-refractivity contribution is 6.09. The van der Waals surface area contributed by atoms with E-state index in [-0.39, 0.29) is 42.7 Å². The molecule has 2 saturated heterocycles. The van der Waals surface area contributed by atoms with Gasteiger partial charge in [0.15, 0.2) is 12.1 Å². The Kier molecular flexibility index (Phi) is 12.6. The van der Waals surface area contributed by atoms with Crippen LogP contribution < -0.4 is 4.74 Å². The highest BCUT2D eigenvalue weighted by atomic mass is 16.7. The fourth-order valence-corrected chi connectivity index (χ4v) is 6.66. The molecule has 244 valence electrons. The Morgan fingerprint density at radius 3 is 2.36 bits per heavy atom. The molecule has 45 heavy (non-hydrogen) atoms. The lowest BCUT2D eigenvalue weighted by Crippen LogP contribution is -2.51. The molecule has 5 rings (SSSR count). The Bertz CT molecular complexity index is 1230. The Morgan fingerprint density at radius 1 is 0.956 bits per heavy atom. The first-order valence-corrected chi connectivity index (χ1v) is 16.4. The van der Waals surface area contributed by atoms with Crippen LogP contribution in [0.1, 0.15) is 72.9 Å². The third-order valence-corrected chi connectivity index (χ3v) is 9.06. The van der Waals surface area contributed by atoms with E-state index < -0.39 is 5.97 Å². The summed E-state index contributed by atoms with van der Waals surface area (Å²) in [6, 6.07) is 15.0. The summed E-state index contributed by atoms with van der Waals surface area (Å²) in [6.45, 7) is 4.28. The number of hydrogen-bond acceptors (Lipinski definition) is 8. The Hall–Kier alpha value is -3.08. The van der Waals surface area contributed by atoms with E-state index in [1.54, 1.807) is 31.4 Å². The number of unbranched alkanes of at least 4 members (excludes halogenated alkanes) is 1. The molecule has 0 aromatic heterocycles. The van der Waals surface area contributed by atoms with Crippen LogP contribution in [0.5, 0.6) is 5.75 Å². The van der Waals surface area contributed by atoms with Crippen molar-refractivity contribution in [3.05, 3.63) is 77.4 Å². The lowest BCUT2D eigenvalue weighted by molar-refractivity contribution is -0.200.